The van der Waals surface area contributed by atoms with Crippen molar-refractivity contribution in [2.24, 2.45) is 5.92 Å². The third kappa shape index (κ3) is 2.42. The van der Waals surface area contributed by atoms with Gasteiger partial charge in [-0.25, -0.2) is 0 Å². The highest BCUT2D eigenvalue weighted by Gasteiger charge is 2.33. The molecule has 0 aliphatic carbocycles. The molecular weight excluding hydrogens is 196 g/mol. The molecule has 3 nitrogen and oxygen atoms in total. The average molecular weight is 212 g/mol. The van der Waals surface area contributed by atoms with Crippen LogP contribution in [0.3, 0.4) is 0 Å². The van der Waals surface area contributed by atoms with Gasteiger partial charge in [0, 0.05) is 24.8 Å². The van der Waals surface area contributed by atoms with E-state index in [9.17, 15) is 4.79 Å². The number of amides is 1. The first kappa shape index (κ1) is 11.4. The van der Waals surface area contributed by atoms with Gasteiger partial charge in [-0.2, -0.15) is 17.0 Å². The highest BCUT2D eigenvalue weighted by atomic mass is 32.2. The number of nitrogens with zero attached hydrogens (tertiary/aromatic N) is 2. The Bertz CT molecular complexity index is 249. The van der Waals surface area contributed by atoms with E-state index in [-0.39, 0.29) is 11.8 Å². The average Bonchev–Trinajstić information content (AvgIpc) is 2.56. The van der Waals surface area contributed by atoms with E-state index in [2.05, 4.69) is 13.0 Å². The molecule has 1 heterocycles. The molecule has 2 unspecified atom stereocenters. The minimum Gasteiger partial charge on any atom is -0.338 e. The van der Waals surface area contributed by atoms with E-state index in [1.54, 1.807) is 11.8 Å². The minimum atomic E-state index is -0.0848. The van der Waals surface area contributed by atoms with E-state index < -0.39 is 0 Å². The van der Waals surface area contributed by atoms with E-state index in [1.807, 2.05) is 11.2 Å². The third-order valence-electron chi connectivity index (χ3n) is 2.61. The third-order valence-corrected chi connectivity index (χ3v) is 3.33. The summed E-state index contributed by atoms with van der Waals surface area (Å²) in [5.74, 6) is 1.04. The number of likely N-dealkylation sites (tertiary alicyclic amines) is 1. The first-order valence-electron chi connectivity index (χ1n) is 4.91. The summed E-state index contributed by atoms with van der Waals surface area (Å²) in [6.45, 7) is 2.72. The lowest BCUT2D eigenvalue weighted by Gasteiger charge is -2.26. The van der Waals surface area contributed by atoms with Crippen LogP contribution in [0.25, 0.3) is 0 Å². The summed E-state index contributed by atoms with van der Waals surface area (Å²) in [5, 5.41) is 8.75. The second-order valence-corrected chi connectivity index (χ2v) is 4.50. The summed E-state index contributed by atoms with van der Waals surface area (Å²) >= 11 is 1.76. The summed E-state index contributed by atoms with van der Waals surface area (Å²) in [7, 11) is 0. The predicted molar refractivity (Wildman–Crippen MR) is 57.9 cm³/mol. The lowest BCUT2D eigenvalue weighted by Crippen LogP contribution is -2.37. The molecule has 14 heavy (non-hydrogen) atoms. The number of rotatable bonds is 4. The zero-order valence-electron chi connectivity index (χ0n) is 8.69. The Morgan fingerprint density at radius 1 is 1.79 bits per heavy atom. The normalized spacial score (nSPS) is 23.6. The van der Waals surface area contributed by atoms with Crippen molar-refractivity contribution in [1.82, 2.24) is 4.90 Å². The van der Waals surface area contributed by atoms with Gasteiger partial charge in [-0.05, 0) is 12.7 Å². The van der Waals surface area contributed by atoms with Crippen LogP contribution in [0, 0.1) is 17.2 Å². The van der Waals surface area contributed by atoms with Crippen molar-refractivity contribution >= 4 is 17.7 Å². The Labute approximate surface area is 89.5 Å². The van der Waals surface area contributed by atoms with Crippen molar-refractivity contribution in [2.45, 2.75) is 25.8 Å². The number of thioether (sulfide) groups is 1. The molecule has 2 atom stereocenters. The lowest BCUT2D eigenvalue weighted by molar-refractivity contribution is -0.129. The Kier molecular flexibility index (Phi) is 4.27. The lowest BCUT2D eigenvalue weighted by atomic mass is 10.1. The topological polar surface area (TPSA) is 44.1 Å². The van der Waals surface area contributed by atoms with Gasteiger partial charge < -0.3 is 4.90 Å². The fraction of sp³-hybridized carbons (Fsp3) is 0.800. The molecule has 1 aliphatic heterocycles. The number of carbonyl (C=O) groups is 1. The maximum absolute atomic E-state index is 11.6. The maximum atomic E-state index is 11.6. The first-order valence-corrected chi connectivity index (χ1v) is 6.30. The SMILES string of the molecule is CCC(CSC)N1CC(C#N)CC1=O. The van der Waals surface area contributed by atoms with Crippen molar-refractivity contribution in [3.8, 4) is 6.07 Å². The van der Waals surface area contributed by atoms with Gasteiger partial charge in [0.15, 0.2) is 0 Å². The molecule has 0 radical (unpaired) electrons. The quantitative estimate of drug-likeness (QED) is 0.709. The highest BCUT2D eigenvalue weighted by molar-refractivity contribution is 7.98. The number of hydrogen-bond acceptors (Lipinski definition) is 3. The summed E-state index contributed by atoms with van der Waals surface area (Å²) in [6, 6.07) is 2.49. The van der Waals surface area contributed by atoms with Gasteiger partial charge >= 0.3 is 0 Å². The van der Waals surface area contributed by atoms with Gasteiger partial charge in [-0.3, -0.25) is 4.79 Å². The van der Waals surface area contributed by atoms with Crippen LogP contribution in [0.4, 0.5) is 0 Å². The second-order valence-electron chi connectivity index (χ2n) is 3.59. The van der Waals surface area contributed by atoms with Crippen LogP contribution in [0.15, 0.2) is 0 Å². The van der Waals surface area contributed by atoms with E-state index >= 15 is 0 Å². The molecule has 4 heteroatoms. The van der Waals surface area contributed by atoms with Gasteiger partial charge in [0.25, 0.3) is 0 Å². The predicted octanol–water partition coefficient (Wildman–Crippen LogP) is 1.50. The zero-order valence-corrected chi connectivity index (χ0v) is 9.51. The molecule has 0 bridgehead atoms. The van der Waals surface area contributed by atoms with Crippen molar-refractivity contribution in [2.75, 3.05) is 18.6 Å². The Morgan fingerprint density at radius 3 is 2.93 bits per heavy atom. The molecule has 0 aromatic heterocycles. The van der Waals surface area contributed by atoms with Crippen molar-refractivity contribution in [3.05, 3.63) is 0 Å². The van der Waals surface area contributed by atoms with Crippen LogP contribution in [-0.4, -0.2) is 35.4 Å². The molecule has 1 saturated heterocycles. The molecule has 1 aliphatic rings. The van der Waals surface area contributed by atoms with Crippen molar-refractivity contribution in [1.29, 1.82) is 5.26 Å². The molecule has 0 aromatic carbocycles. The van der Waals surface area contributed by atoms with Crippen LogP contribution >= 0.6 is 11.8 Å². The van der Waals surface area contributed by atoms with E-state index in [0.29, 0.717) is 19.0 Å². The number of hydrogen-bond donors (Lipinski definition) is 0. The Morgan fingerprint density at radius 2 is 2.50 bits per heavy atom. The molecule has 0 aromatic rings. The standard InChI is InChI=1S/C10H16N2OS/c1-3-9(7-14-2)12-6-8(5-11)4-10(12)13/h8-9H,3-4,6-7H2,1-2H3. The molecular formula is C10H16N2OS. The minimum absolute atomic E-state index is 0.0848. The molecule has 78 valence electrons. The smallest absolute Gasteiger partial charge is 0.224 e. The van der Waals surface area contributed by atoms with Gasteiger partial charge in [-0.1, -0.05) is 6.92 Å². The van der Waals surface area contributed by atoms with E-state index in [4.69, 9.17) is 5.26 Å². The van der Waals surface area contributed by atoms with E-state index in [1.165, 1.54) is 0 Å². The first-order chi connectivity index (χ1) is 6.72. The molecule has 1 rings (SSSR count). The number of nitriles is 1. The summed E-state index contributed by atoms with van der Waals surface area (Å²) < 4.78 is 0. The van der Waals surface area contributed by atoms with Gasteiger partial charge in [-0.15, -0.1) is 0 Å². The van der Waals surface area contributed by atoms with Crippen LogP contribution in [0.5, 0.6) is 0 Å². The summed E-state index contributed by atoms with van der Waals surface area (Å²) in [4.78, 5) is 13.5. The van der Waals surface area contributed by atoms with Gasteiger partial charge in [0.1, 0.15) is 0 Å². The van der Waals surface area contributed by atoms with Crippen LogP contribution in [-0.2, 0) is 4.79 Å². The zero-order chi connectivity index (χ0) is 10.6. The maximum Gasteiger partial charge on any atom is 0.224 e. The van der Waals surface area contributed by atoms with Crippen molar-refractivity contribution in [3.63, 3.8) is 0 Å². The van der Waals surface area contributed by atoms with Gasteiger partial charge in [0.2, 0.25) is 5.91 Å². The highest BCUT2D eigenvalue weighted by Crippen LogP contribution is 2.22. The Balaban J connectivity index is 2.59. The fourth-order valence-corrected chi connectivity index (χ4v) is 2.59. The number of carbonyl (C=O) groups excluding carboxylic acids is 1. The summed E-state index contributed by atoms with van der Waals surface area (Å²) in [6.07, 6.45) is 3.44. The molecule has 0 saturated carbocycles. The molecule has 1 fully saturated rings. The van der Waals surface area contributed by atoms with Crippen LogP contribution in [0.1, 0.15) is 19.8 Å². The Hall–Kier alpha value is -0.690. The molecule has 1 amide bonds. The van der Waals surface area contributed by atoms with Crippen LogP contribution < -0.4 is 0 Å². The van der Waals surface area contributed by atoms with Crippen LogP contribution in [0.2, 0.25) is 0 Å². The summed E-state index contributed by atoms with van der Waals surface area (Å²) in [5.41, 5.74) is 0. The second kappa shape index (κ2) is 5.26. The van der Waals surface area contributed by atoms with Gasteiger partial charge in [0.05, 0.1) is 12.0 Å². The van der Waals surface area contributed by atoms with Crippen molar-refractivity contribution < 1.29 is 4.79 Å². The van der Waals surface area contributed by atoms with E-state index in [0.717, 1.165) is 12.2 Å². The monoisotopic (exact) mass is 212 g/mol. The fourth-order valence-electron chi connectivity index (χ4n) is 1.79. The molecule has 0 N–H and O–H groups in total. The largest absolute Gasteiger partial charge is 0.338 e. The molecule has 0 spiro atoms.